The summed E-state index contributed by atoms with van der Waals surface area (Å²) < 4.78 is 0. The molecule has 4 nitrogen and oxygen atoms in total. The molecular formula is C12H8N2O2. The van der Waals surface area contributed by atoms with E-state index in [4.69, 9.17) is 10.4 Å². The van der Waals surface area contributed by atoms with Gasteiger partial charge in [0.05, 0.1) is 0 Å². The van der Waals surface area contributed by atoms with E-state index in [1.54, 1.807) is 18.3 Å². The molecule has 0 saturated heterocycles. The van der Waals surface area contributed by atoms with E-state index in [2.05, 4.69) is 4.98 Å². The topological polar surface area (TPSA) is 76.9 Å². The molecule has 4 heteroatoms. The van der Waals surface area contributed by atoms with E-state index in [0.717, 1.165) is 10.9 Å². The number of nitriles is 1. The van der Waals surface area contributed by atoms with Crippen molar-refractivity contribution < 1.29 is 9.90 Å². The molecule has 0 amide bonds. The van der Waals surface area contributed by atoms with Gasteiger partial charge in [-0.05, 0) is 35.2 Å². The Labute approximate surface area is 91.4 Å². The van der Waals surface area contributed by atoms with Crippen molar-refractivity contribution in [2.24, 2.45) is 0 Å². The number of carboxylic acid groups (broad SMARTS) is 1. The Morgan fingerprint density at radius 2 is 2.25 bits per heavy atom. The van der Waals surface area contributed by atoms with E-state index in [-0.39, 0.29) is 5.57 Å². The van der Waals surface area contributed by atoms with Gasteiger partial charge in [0.1, 0.15) is 11.6 Å². The number of rotatable bonds is 2. The molecule has 0 bridgehead atoms. The van der Waals surface area contributed by atoms with E-state index >= 15 is 0 Å². The van der Waals surface area contributed by atoms with Crippen molar-refractivity contribution in [2.45, 2.75) is 0 Å². The number of fused-ring (bicyclic) bond motifs is 1. The summed E-state index contributed by atoms with van der Waals surface area (Å²) in [5.74, 6) is -1.21. The zero-order valence-electron chi connectivity index (χ0n) is 8.27. The van der Waals surface area contributed by atoms with Crippen molar-refractivity contribution in [1.82, 2.24) is 4.98 Å². The third-order valence-electron chi connectivity index (χ3n) is 2.24. The van der Waals surface area contributed by atoms with Crippen molar-refractivity contribution in [2.75, 3.05) is 0 Å². The number of hydrogen-bond acceptors (Lipinski definition) is 2. The Morgan fingerprint density at radius 3 is 2.94 bits per heavy atom. The van der Waals surface area contributed by atoms with Crippen LogP contribution in [0.15, 0.2) is 36.0 Å². The van der Waals surface area contributed by atoms with Gasteiger partial charge in [-0.1, -0.05) is 6.07 Å². The van der Waals surface area contributed by atoms with Gasteiger partial charge >= 0.3 is 5.97 Å². The highest BCUT2D eigenvalue weighted by atomic mass is 16.4. The average Bonchev–Trinajstić information content (AvgIpc) is 2.72. The van der Waals surface area contributed by atoms with Crippen LogP contribution in [0.25, 0.3) is 17.0 Å². The number of nitrogens with zero attached hydrogens (tertiary/aromatic N) is 1. The number of aliphatic carboxylic acids is 1. The molecule has 1 aromatic heterocycles. The third-order valence-corrected chi connectivity index (χ3v) is 2.24. The smallest absolute Gasteiger partial charge is 0.346 e. The molecule has 16 heavy (non-hydrogen) atoms. The highest BCUT2D eigenvalue weighted by Gasteiger charge is 2.05. The molecule has 2 aromatic rings. The molecule has 78 valence electrons. The first-order valence-electron chi connectivity index (χ1n) is 4.63. The van der Waals surface area contributed by atoms with E-state index in [0.29, 0.717) is 5.56 Å². The number of H-pyrrole nitrogens is 1. The van der Waals surface area contributed by atoms with Gasteiger partial charge in [-0.15, -0.1) is 0 Å². The number of carbonyl (C=O) groups is 1. The van der Waals surface area contributed by atoms with Crippen LogP contribution in [-0.4, -0.2) is 16.1 Å². The fourth-order valence-corrected chi connectivity index (χ4v) is 1.47. The molecule has 2 N–H and O–H groups in total. The molecule has 1 heterocycles. The van der Waals surface area contributed by atoms with Crippen LogP contribution in [0.3, 0.4) is 0 Å². The zero-order valence-corrected chi connectivity index (χ0v) is 8.27. The zero-order chi connectivity index (χ0) is 11.5. The maximum Gasteiger partial charge on any atom is 0.346 e. The van der Waals surface area contributed by atoms with Crippen LogP contribution in [-0.2, 0) is 4.79 Å². The predicted octanol–water partition coefficient (Wildman–Crippen LogP) is 2.16. The summed E-state index contributed by atoms with van der Waals surface area (Å²) >= 11 is 0. The normalized spacial score (nSPS) is 11.3. The fraction of sp³-hybridized carbons (Fsp3) is 0. The van der Waals surface area contributed by atoms with Crippen LogP contribution in [0, 0.1) is 11.3 Å². The minimum Gasteiger partial charge on any atom is -0.477 e. The molecule has 2 rings (SSSR count). The Hall–Kier alpha value is -2.54. The van der Waals surface area contributed by atoms with Crippen LogP contribution in [0.4, 0.5) is 0 Å². The standard InChI is InChI=1S/C12H8N2O2/c13-7-10(12(15)16)6-8-1-2-11-9(5-8)3-4-14-11/h1-6,14H,(H,15,16)/b10-6-. The van der Waals surface area contributed by atoms with Crippen LogP contribution in [0.2, 0.25) is 0 Å². The van der Waals surface area contributed by atoms with Gasteiger partial charge in [0, 0.05) is 11.7 Å². The minimum absolute atomic E-state index is 0.269. The van der Waals surface area contributed by atoms with Crippen molar-refractivity contribution >= 4 is 22.9 Å². The van der Waals surface area contributed by atoms with E-state index < -0.39 is 5.97 Å². The van der Waals surface area contributed by atoms with Crippen LogP contribution in [0.5, 0.6) is 0 Å². The fourth-order valence-electron chi connectivity index (χ4n) is 1.47. The first-order chi connectivity index (χ1) is 7.70. The summed E-state index contributed by atoms with van der Waals surface area (Å²) in [6.45, 7) is 0. The quantitative estimate of drug-likeness (QED) is 0.591. The van der Waals surface area contributed by atoms with E-state index in [9.17, 15) is 4.79 Å². The Bertz CT molecular complexity index is 617. The first kappa shape index (κ1) is 9.99. The van der Waals surface area contributed by atoms with Gasteiger partial charge in [-0.2, -0.15) is 5.26 Å². The lowest BCUT2D eigenvalue weighted by Gasteiger charge is -1.95. The molecule has 0 spiro atoms. The molecule has 0 saturated carbocycles. The van der Waals surface area contributed by atoms with Crippen molar-refractivity contribution in [3.63, 3.8) is 0 Å². The van der Waals surface area contributed by atoms with E-state index in [1.165, 1.54) is 6.08 Å². The van der Waals surface area contributed by atoms with E-state index in [1.807, 2.05) is 18.2 Å². The summed E-state index contributed by atoms with van der Waals surface area (Å²) in [6.07, 6.45) is 3.16. The molecule has 0 atom stereocenters. The van der Waals surface area contributed by atoms with Crippen molar-refractivity contribution in [1.29, 1.82) is 5.26 Å². The summed E-state index contributed by atoms with van der Waals surface area (Å²) in [7, 11) is 0. The lowest BCUT2D eigenvalue weighted by molar-refractivity contribution is -0.132. The van der Waals surface area contributed by atoms with Crippen LogP contribution < -0.4 is 0 Å². The molecule has 0 aliphatic rings. The van der Waals surface area contributed by atoms with Gasteiger partial charge in [0.2, 0.25) is 0 Å². The Kier molecular flexibility index (Phi) is 2.44. The van der Waals surface area contributed by atoms with Gasteiger partial charge in [0.25, 0.3) is 0 Å². The largest absolute Gasteiger partial charge is 0.477 e. The molecule has 0 aliphatic carbocycles. The molecule has 0 unspecified atom stereocenters. The second-order valence-electron chi connectivity index (χ2n) is 3.30. The monoisotopic (exact) mass is 212 g/mol. The second kappa shape index (κ2) is 3.91. The van der Waals surface area contributed by atoms with Crippen molar-refractivity contribution in [3.05, 3.63) is 41.6 Å². The van der Waals surface area contributed by atoms with Gasteiger partial charge in [0.15, 0.2) is 0 Å². The molecule has 0 fully saturated rings. The Balaban J connectivity index is 2.48. The summed E-state index contributed by atoms with van der Waals surface area (Å²) in [6, 6.07) is 8.97. The first-order valence-corrected chi connectivity index (χ1v) is 4.63. The number of carboxylic acids is 1. The Morgan fingerprint density at radius 1 is 1.44 bits per heavy atom. The van der Waals surface area contributed by atoms with Crippen LogP contribution >= 0.6 is 0 Å². The van der Waals surface area contributed by atoms with Crippen molar-refractivity contribution in [3.8, 4) is 6.07 Å². The second-order valence-corrected chi connectivity index (χ2v) is 3.30. The maximum atomic E-state index is 10.7. The SMILES string of the molecule is N#C/C(=C/c1ccc2[nH]ccc2c1)C(=O)O. The minimum atomic E-state index is -1.21. The number of nitrogens with one attached hydrogen (secondary N) is 1. The summed E-state index contributed by atoms with van der Waals surface area (Å²) in [5.41, 5.74) is 1.41. The average molecular weight is 212 g/mol. The maximum absolute atomic E-state index is 10.7. The predicted molar refractivity (Wildman–Crippen MR) is 59.5 cm³/mol. The van der Waals surface area contributed by atoms with Gasteiger partial charge in [-0.3, -0.25) is 0 Å². The van der Waals surface area contributed by atoms with Gasteiger partial charge < -0.3 is 10.1 Å². The number of aromatic nitrogens is 1. The lowest BCUT2D eigenvalue weighted by Crippen LogP contribution is -1.97. The van der Waals surface area contributed by atoms with Gasteiger partial charge in [-0.25, -0.2) is 4.79 Å². The molecule has 0 radical (unpaired) electrons. The summed E-state index contributed by atoms with van der Waals surface area (Å²) in [4.78, 5) is 13.7. The highest BCUT2D eigenvalue weighted by Crippen LogP contribution is 2.16. The lowest BCUT2D eigenvalue weighted by atomic mass is 10.1. The number of hydrogen-bond donors (Lipinski definition) is 2. The molecule has 0 aliphatic heterocycles. The summed E-state index contributed by atoms with van der Waals surface area (Å²) in [5, 5.41) is 18.3. The molecular weight excluding hydrogens is 204 g/mol. The number of benzene rings is 1. The third kappa shape index (κ3) is 1.79. The van der Waals surface area contributed by atoms with Crippen LogP contribution in [0.1, 0.15) is 5.56 Å². The number of aromatic amines is 1. The highest BCUT2D eigenvalue weighted by molar-refractivity contribution is 5.97. The molecule has 1 aromatic carbocycles.